The Hall–Kier alpha value is -0.0800. The van der Waals surface area contributed by atoms with Crippen LogP contribution in [-0.4, -0.2) is 19.0 Å². The molecule has 0 saturated carbocycles. The molecule has 1 saturated heterocycles. The molecule has 17 heavy (non-hydrogen) atoms. The normalized spacial score (nSPS) is 28.6. The summed E-state index contributed by atoms with van der Waals surface area (Å²) in [6, 6.07) is 0. The lowest BCUT2D eigenvalue weighted by Gasteiger charge is -2.44. The third-order valence-electron chi connectivity index (χ3n) is 3.61. The summed E-state index contributed by atoms with van der Waals surface area (Å²) in [6.07, 6.45) is 6.55. The molecular formula is C15H30O2. The van der Waals surface area contributed by atoms with E-state index in [1.54, 1.807) is 0 Å². The minimum Gasteiger partial charge on any atom is -0.352 e. The highest BCUT2D eigenvalue weighted by atomic mass is 16.7. The van der Waals surface area contributed by atoms with Crippen LogP contribution in [-0.2, 0) is 9.47 Å². The highest BCUT2D eigenvalue weighted by Crippen LogP contribution is 2.35. The van der Waals surface area contributed by atoms with Crippen molar-refractivity contribution in [1.82, 2.24) is 0 Å². The zero-order chi connectivity index (χ0) is 12.9. The molecule has 0 radical (unpaired) electrons. The Balaban J connectivity index is 2.35. The van der Waals surface area contributed by atoms with E-state index in [9.17, 15) is 0 Å². The van der Waals surface area contributed by atoms with Gasteiger partial charge in [0.2, 0.25) is 0 Å². The van der Waals surface area contributed by atoms with Gasteiger partial charge in [0.05, 0.1) is 12.7 Å². The fraction of sp³-hybridized carbons (Fsp3) is 1.00. The van der Waals surface area contributed by atoms with E-state index in [-0.39, 0.29) is 11.7 Å². The maximum atomic E-state index is 6.12. The molecule has 0 bridgehead atoms. The Morgan fingerprint density at radius 1 is 1.18 bits per heavy atom. The van der Waals surface area contributed by atoms with Crippen LogP contribution in [0, 0.1) is 11.3 Å². The molecule has 0 unspecified atom stereocenters. The molecule has 0 amide bonds. The van der Waals surface area contributed by atoms with E-state index in [1.165, 1.54) is 25.7 Å². The first-order valence-electron chi connectivity index (χ1n) is 7.24. The van der Waals surface area contributed by atoms with Gasteiger partial charge in [0.1, 0.15) is 0 Å². The smallest absolute Gasteiger partial charge is 0.158 e. The molecule has 102 valence electrons. The largest absolute Gasteiger partial charge is 0.352 e. The number of hydrogen-bond acceptors (Lipinski definition) is 2. The van der Waals surface area contributed by atoms with Crippen LogP contribution < -0.4 is 0 Å². The summed E-state index contributed by atoms with van der Waals surface area (Å²) in [7, 11) is 0. The molecule has 0 aromatic heterocycles. The monoisotopic (exact) mass is 242 g/mol. The van der Waals surface area contributed by atoms with Gasteiger partial charge in [-0.25, -0.2) is 0 Å². The molecule has 0 aromatic rings. The predicted molar refractivity (Wildman–Crippen MR) is 72.0 cm³/mol. The third kappa shape index (κ3) is 4.59. The second-order valence-electron chi connectivity index (χ2n) is 6.38. The van der Waals surface area contributed by atoms with Crippen molar-refractivity contribution >= 4 is 0 Å². The first-order valence-corrected chi connectivity index (χ1v) is 7.24. The van der Waals surface area contributed by atoms with E-state index in [0.717, 1.165) is 13.0 Å². The zero-order valence-corrected chi connectivity index (χ0v) is 12.3. The van der Waals surface area contributed by atoms with Gasteiger partial charge in [-0.05, 0) is 18.8 Å². The van der Waals surface area contributed by atoms with Gasteiger partial charge in [-0.2, -0.15) is 0 Å². The summed E-state index contributed by atoms with van der Waals surface area (Å²) in [6.45, 7) is 12.0. The van der Waals surface area contributed by atoms with E-state index in [1.807, 2.05) is 0 Å². The SMILES string of the molecule is CCCCCC[C@H]1OCC(C)(C)[C@@H](C(C)C)O1. The number of unbranched alkanes of at least 4 members (excludes halogenated alkanes) is 3. The molecule has 1 rings (SSSR count). The molecule has 1 heterocycles. The highest BCUT2D eigenvalue weighted by molar-refractivity contribution is 4.84. The molecule has 0 spiro atoms. The second kappa shape index (κ2) is 6.75. The fourth-order valence-corrected chi connectivity index (χ4v) is 2.73. The molecule has 2 nitrogen and oxygen atoms in total. The van der Waals surface area contributed by atoms with Gasteiger partial charge in [0.15, 0.2) is 6.29 Å². The number of ether oxygens (including phenoxy) is 2. The fourth-order valence-electron chi connectivity index (χ4n) is 2.73. The maximum absolute atomic E-state index is 6.12. The zero-order valence-electron chi connectivity index (χ0n) is 12.3. The average Bonchev–Trinajstić information content (AvgIpc) is 2.25. The van der Waals surface area contributed by atoms with Crippen LogP contribution in [0.1, 0.15) is 66.7 Å². The average molecular weight is 242 g/mol. The summed E-state index contributed by atoms with van der Waals surface area (Å²) in [5.74, 6) is 0.562. The van der Waals surface area contributed by atoms with Crippen molar-refractivity contribution in [2.45, 2.75) is 79.1 Å². The topological polar surface area (TPSA) is 18.5 Å². The Kier molecular flexibility index (Phi) is 5.94. The lowest BCUT2D eigenvalue weighted by atomic mass is 9.80. The summed E-state index contributed by atoms with van der Waals surface area (Å²) in [5, 5.41) is 0. The van der Waals surface area contributed by atoms with Gasteiger partial charge in [-0.15, -0.1) is 0 Å². The van der Waals surface area contributed by atoms with Gasteiger partial charge < -0.3 is 9.47 Å². The van der Waals surface area contributed by atoms with E-state index >= 15 is 0 Å². The lowest BCUT2D eigenvalue weighted by Crippen LogP contribution is -2.48. The first kappa shape index (κ1) is 15.0. The Labute approximate surface area is 107 Å². The van der Waals surface area contributed by atoms with Gasteiger partial charge in [0, 0.05) is 5.41 Å². The van der Waals surface area contributed by atoms with Crippen LogP contribution in [0.4, 0.5) is 0 Å². The molecule has 1 fully saturated rings. The summed E-state index contributed by atoms with van der Waals surface area (Å²) in [4.78, 5) is 0. The van der Waals surface area contributed by atoms with E-state index in [4.69, 9.17) is 9.47 Å². The van der Waals surface area contributed by atoms with Crippen molar-refractivity contribution in [2.24, 2.45) is 11.3 Å². The van der Waals surface area contributed by atoms with Crippen molar-refractivity contribution < 1.29 is 9.47 Å². The Bertz CT molecular complexity index is 211. The molecule has 1 aliphatic heterocycles. The third-order valence-corrected chi connectivity index (χ3v) is 3.61. The lowest BCUT2D eigenvalue weighted by molar-refractivity contribution is -0.271. The molecule has 2 atom stereocenters. The van der Waals surface area contributed by atoms with Crippen LogP contribution in [0.15, 0.2) is 0 Å². The van der Waals surface area contributed by atoms with Crippen LogP contribution >= 0.6 is 0 Å². The van der Waals surface area contributed by atoms with Crippen molar-refractivity contribution in [3.05, 3.63) is 0 Å². The summed E-state index contributed by atoms with van der Waals surface area (Å²) >= 11 is 0. The second-order valence-corrected chi connectivity index (χ2v) is 6.38. The van der Waals surface area contributed by atoms with E-state index in [2.05, 4.69) is 34.6 Å². The van der Waals surface area contributed by atoms with Crippen LogP contribution in [0.3, 0.4) is 0 Å². The van der Waals surface area contributed by atoms with Crippen molar-refractivity contribution in [1.29, 1.82) is 0 Å². The first-order chi connectivity index (χ1) is 7.97. The van der Waals surface area contributed by atoms with E-state index in [0.29, 0.717) is 12.0 Å². The quantitative estimate of drug-likeness (QED) is 0.643. The van der Waals surface area contributed by atoms with Crippen molar-refractivity contribution in [3.63, 3.8) is 0 Å². The molecule has 1 aliphatic rings. The van der Waals surface area contributed by atoms with Gasteiger partial charge in [-0.3, -0.25) is 0 Å². The van der Waals surface area contributed by atoms with Crippen LogP contribution in [0.25, 0.3) is 0 Å². The predicted octanol–water partition coefficient (Wildman–Crippen LogP) is 4.38. The summed E-state index contributed by atoms with van der Waals surface area (Å²) < 4.78 is 12.0. The van der Waals surface area contributed by atoms with E-state index < -0.39 is 0 Å². The van der Waals surface area contributed by atoms with Gasteiger partial charge in [-0.1, -0.05) is 53.9 Å². The van der Waals surface area contributed by atoms with Gasteiger partial charge in [0.25, 0.3) is 0 Å². The highest BCUT2D eigenvalue weighted by Gasteiger charge is 2.39. The maximum Gasteiger partial charge on any atom is 0.158 e. The minimum atomic E-state index is 0.0345. The number of rotatable bonds is 6. The van der Waals surface area contributed by atoms with Crippen molar-refractivity contribution in [2.75, 3.05) is 6.61 Å². The molecule has 0 N–H and O–H groups in total. The molecule has 0 aliphatic carbocycles. The minimum absolute atomic E-state index is 0.0345. The molecule has 0 aromatic carbocycles. The van der Waals surface area contributed by atoms with Crippen LogP contribution in [0.5, 0.6) is 0 Å². The Morgan fingerprint density at radius 2 is 1.88 bits per heavy atom. The van der Waals surface area contributed by atoms with Crippen LogP contribution in [0.2, 0.25) is 0 Å². The number of hydrogen-bond donors (Lipinski definition) is 0. The van der Waals surface area contributed by atoms with Crippen molar-refractivity contribution in [3.8, 4) is 0 Å². The summed E-state index contributed by atoms with van der Waals surface area (Å²) in [5.41, 5.74) is 0.147. The van der Waals surface area contributed by atoms with Gasteiger partial charge >= 0.3 is 0 Å². The molecular weight excluding hydrogens is 212 g/mol. The Morgan fingerprint density at radius 3 is 2.47 bits per heavy atom. The molecule has 2 heteroatoms. The standard InChI is InChI=1S/C15H30O2/c1-6-7-8-9-10-13-16-11-15(4,5)14(17-13)12(2)3/h12-14H,6-11H2,1-5H3/t13-,14+/m0/s1.